The van der Waals surface area contributed by atoms with Crippen molar-refractivity contribution in [3.63, 3.8) is 0 Å². The van der Waals surface area contributed by atoms with E-state index in [2.05, 4.69) is 0 Å². The van der Waals surface area contributed by atoms with Crippen molar-refractivity contribution in [2.75, 3.05) is 14.2 Å². The van der Waals surface area contributed by atoms with Crippen LogP contribution in [0.4, 0.5) is 0 Å². The molecule has 0 saturated carbocycles. The first kappa shape index (κ1) is 20.2. The minimum Gasteiger partial charge on any atom is -0.497 e. The number of ether oxygens (including phenoxy) is 2. The van der Waals surface area contributed by atoms with Gasteiger partial charge >= 0.3 is 5.97 Å². The molecule has 3 aromatic carbocycles. The van der Waals surface area contributed by atoms with Gasteiger partial charge in [0.2, 0.25) is 0 Å². The number of aliphatic carboxylic acids is 1. The Bertz CT molecular complexity index is 1220. The Hall–Kier alpha value is -4.06. The van der Waals surface area contributed by atoms with Crippen molar-refractivity contribution in [1.29, 1.82) is 0 Å². The molecule has 1 N–H and O–H groups in total. The third kappa shape index (κ3) is 4.14. The summed E-state index contributed by atoms with van der Waals surface area (Å²) in [6, 6.07) is 24.7. The van der Waals surface area contributed by atoms with Gasteiger partial charge < -0.3 is 14.6 Å². The lowest BCUT2D eigenvalue weighted by atomic mass is 9.99. The molecule has 0 amide bonds. The third-order valence-corrected chi connectivity index (χ3v) is 5.00. The van der Waals surface area contributed by atoms with Gasteiger partial charge in [-0.15, -0.1) is 0 Å². The molecular formula is C25H22N2O4. The number of carboxylic acids is 1. The van der Waals surface area contributed by atoms with Crippen LogP contribution in [0.2, 0.25) is 0 Å². The molecule has 4 rings (SSSR count). The molecule has 0 aliphatic rings. The van der Waals surface area contributed by atoms with Crippen LogP contribution in [0.25, 0.3) is 28.2 Å². The summed E-state index contributed by atoms with van der Waals surface area (Å²) < 4.78 is 12.6. The van der Waals surface area contributed by atoms with E-state index in [9.17, 15) is 9.90 Å². The first-order chi connectivity index (χ1) is 15.1. The summed E-state index contributed by atoms with van der Waals surface area (Å²) in [6.07, 6.45) is -0.175. The molecule has 156 valence electrons. The van der Waals surface area contributed by atoms with E-state index in [1.165, 1.54) is 0 Å². The van der Waals surface area contributed by atoms with Gasteiger partial charge in [-0.2, -0.15) is 5.10 Å². The topological polar surface area (TPSA) is 73.6 Å². The first-order valence-electron chi connectivity index (χ1n) is 9.78. The van der Waals surface area contributed by atoms with Crippen molar-refractivity contribution in [1.82, 2.24) is 9.78 Å². The highest BCUT2D eigenvalue weighted by molar-refractivity contribution is 5.83. The molecule has 4 aromatic rings. The summed E-state index contributed by atoms with van der Waals surface area (Å²) in [4.78, 5) is 11.8. The zero-order chi connectivity index (χ0) is 21.8. The number of methoxy groups -OCH3 is 2. The number of nitrogens with zero attached hydrogens (tertiary/aromatic N) is 2. The smallest absolute Gasteiger partial charge is 0.307 e. The van der Waals surface area contributed by atoms with Crippen LogP contribution in [-0.4, -0.2) is 35.1 Å². The molecule has 0 unspecified atom stereocenters. The molecule has 0 atom stereocenters. The van der Waals surface area contributed by atoms with Crippen molar-refractivity contribution in [2.24, 2.45) is 0 Å². The second-order valence-corrected chi connectivity index (χ2v) is 6.96. The van der Waals surface area contributed by atoms with Crippen LogP contribution in [0.1, 0.15) is 5.56 Å². The van der Waals surface area contributed by atoms with Crippen LogP contribution < -0.4 is 9.47 Å². The number of aromatic nitrogens is 2. The molecule has 1 aromatic heterocycles. The molecule has 0 radical (unpaired) electrons. The lowest BCUT2D eigenvalue weighted by molar-refractivity contribution is -0.136. The van der Waals surface area contributed by atoms with Gasteiger partial charge in [0, 0.05) is 16.7 Å². The molecule has 1 heterocycles. The number of benzene rings is 3. The van der Waals surface area contributed by atoms with Gasteiger partial charge in [-0.25, -0.2) is 4.68 Å². The number of carbonyl (C=O) groups is 1. The molecule has 0 fully saturated rings. The standard InChI is InChI=1S/C25H22N2O4/c1-30-20-12-6-8-17(14-20)24-22(16-23(28)29)25(18-9-7-13-21(15-18)31-2)27(26-24)19-10-4-3-5-11-19/h3-15H,16H2,1-2H3,(H,28,29). The fraction of sp³-hybridized carbons (Fsp3) is 0.120. The predicted molar refractivity (Wildman–Crippen MR) is 119 cm³/mol. The van der Waals surface area contributed by atoms with E-state index in [-0.39, 0.29) is 6.42 Å². The van der Waals surface area contributed by atoms with E-state index in [1.54, 1.807) is 18.9 Å². The lowest BCUT2D eigenvalue weighted by Gasteiger charge is -2.11. The maximum atomic E-state index is 11.8. The summed E-state index contributed by atoms with van der Waals surface area (Å²) in [6.45, 7) is 0. The molecule has 0 saturated heterocycles. The lowest BCUT2D eigenvalue weighted by Crippen LogP contribution is -2.04. The normalized spacial score (nSPS) is 10.6. The molecule has 0 bridgehead atoms. The van der Waals surface area contributed by atoms with Crippen LogP contribution in [0.5, 0.6) is 11.5 Å². The monoisotopic (exact) mass is 414 g/mol. The van der Waals surface area contributed by atoms with Crippen LogP contribution in [0.15, 0.2) is 78.9 Å². The zero-order valence-corrected chi connectivity index (χ0v) is 17.3. The average molecular weight is 414 g/mol. The van der Waals surface area contributed by atoms with E-state index in [0.29, 0.717) is 28.5 Å². The Morgan fingerprint density at radius 2 is 1.48 bits per heavy atom. The van der Waals surface area contributed by atoms with Gasteiger partial charge in [0.05, 0.1) is 37.7 Å². The fourth-order valence-corrected chi connectivity index (χ4v) is 3.59. The second kappa shape index (κ2) is 8.75. The number of carboxylic acid groups (broad SMARTS) is 1. The minimum atomic E-state index is -0.930. The fourth-order valence-electron chi connectivity index (χ4n) is 3.59. The summed E-state index contributed by atoms with van der Waals surface area (Å²) in [5.74, 6) is 0.430. The van der Waals surface area contributed by atoms with Gasteiger partial charge in [-0.05, 0) is 36.4 Å². The van der Waals surface area contributed by atoms with Gasteiger partial charge in [0.15, 0.2) is 0 Å². The van der Waals surface area contributed by atoms with Gasteiger partial charge in [-0.1, -0.05) is 42.5 Å². The molecule has 31 heavy (non-hydrogen) atoms. The highest BCUT2D eigenvalue weighted by Gasteiger charge is 2.24. The van der Waals surface area contributed by atoms with Crippen LogP contribution >= 0.6 is 0 Å². The molecule has 0 spiro atoms. The van der Waals surface area contributed by atoms with Crippen molar-refractivity contribution < 1.29 is 19.4 Å². The maximum Gasteiger partial charge on any atom is 0.307 e. The number of hydrogen-bond donors (Lipinski definition) is 1. The van der Waals surface area contributed by atoms with Gasteiger partial charge in [0.25, 0.3) is 0 Å². The van der Waals surface area contributed by atoms with E-state index in [4.69, 9.17) is 14.6 Å². The van der Waals surface area contributed by atoms with Gasteiger partial charge in [0.1, 0.15) is 11.5 Å². The van der Waals surface area contributed by atoms with E-state index in [0.717, 1.165) is 16.8 Å². The molecule has 0 aliphatic heterocycles. The number of para-hydroxylation sites is 1. The van der Waals surface area contributed by atoms with Crippen molar-refractivity contribution in [3.05, 3.63) is 84.4 Å². The number of rotatable bonds is 7. The minimum absolute atomic E-state index is 0.175. The first-order valence-corrected chi connectivity index (χ1v) is 9.78. The van der Waals surface area contributed by atoms with E-state index in [1.807, 2.05) is 78.9 Å². The SMILES string of the molecule is COc1cccc(-c2nn(-c3ccccc3)c(-c3cccc(OC)c3)c2CC(=O)O)c1. The maximum absolute atomic E-state index is 11.8. The van der Waals surface area contributed by atoms with Crippen molar-refractivity contribution in [2.45, 2.75) is 6.42 Å². The Balaban J connectivity index is 2.04. The summed E-state index contributed by atoms with van der Waals surface area (Å²) in [5, 5.41) is 14.6. The van der Waals surface area contributed by atoms with E-state index < -0.39 is 5.97 Å². The van der Waals surface area contributed by atoms with Crippen molar-refractivity contribution >= 4 is 5.97 Å². The third-order valence-electron chi connectivity index (χ3n) is 5.00. The number of hydrogen-bond acceptors (Lipinski definition) is 4. The molecule has 6 heteroatoms. The quantitative estimate of drug-likeness (QED) is 0.468. The van der Waals surface area contributed by atoms with Gasteiger partial charge in [-0.3, -0.25) is 4.79 Å². The Morgan fingerprint density at radius 3 is 2.10 bits per heavy atom. The summed E-state index contributed by atoms with van der Waals surface area (Å²) >= 11 is 0. The van der Waals surface area contributed by atoms with Crippen LogP contribution in [0, 0.1) is 0 Å². The Kier molecular flexibility index (Phi) is 5.71. The zero-order valence-electron chi connectivity index (χ0n) is 17.3. The predicted octanol–water partition coefficient (Wildman–Crippen LogP) is 4.85. The Morgan fingerprint density at radius 1 is 0.871 bits per heavy atom. The molecule has 6 nitrogen and oxygen atoms in total. The highest BCUT2D eigenvalue weighted by Crippen LogP contribution is 2.36. The highest BCUT2D eigenvalue weighted by atomic mass is 16.5. The second-order valence-electron chi connectivity index (χ2n) is 6.96. The van der Waals surface area contributed by atoms with Crippen LogP contribution in [-0.2, 0) is 11.2 Å². The summed E-state index contributed by atoms with van der Waals surface area (Å²) in [7, 11) is 3.20. The largest absolute Gasteiger partial charge is 0.497 e. The summed E-state index contributed by atoms with van der Waals surface area (Å²) in [5.41, 5.74) is 4.38. The molecule has 0 aliphatic carbocycles. The van der Waals surface area contributed by atoms with E-state index >= 15 is 0 Å². The average Bonchev–Trinajstić information content (AvgIpc) is 3.18. The van der Waals surface area contributed by atoms with Crippen LogP contribution in [0.3, 0.4) is 0 Å². The molecular weight excluding hydrogens is 392 g/mol. The Labute approximate surface area is 180 Å². The van der Waals surface area contributed by atoms with Crippen molar-refractivity contribution in [3.8, 4) is 39.7 Å².